The molecular weight excluding hydrogens is 323 g/mol. The number of hydrogen-bond donors (Lipinski definition) is 1. The van der Waals surface area contributed by atoms with Crippen molar-refractivity contribution >= 4 is 23.4 Å². The van der Waals surface area contributed by atoms with Crippen LogP contribution in [0.2, 0.25) is 0 Å². The van der Waals surface area contributed by atoms with Crippen molar-refractivity contribution in [1.29, 1.82) is 0 Å². The summed E-state index contributed by atoms with van der Waals surface area (Å²) in [6, 6.07) is 7.24. The minimum Gasteiger partial charge on any atom is -0.326 e. The van der Waals surface area contributed by atoms with Gasteiger partial charge in [0.05, 0.1) is 11.3 Å². The monoisotopic (exact) mass is 345 g/mol. The summed E-state index contributed by atoms with van der Waals surface area (Å²) in [5.41, 5.74) is -0.732. The zero-order chi connectivity index (χ0) is 17.3. The molecule has 6 heteroatoms. The van der Waals surface area contributed by atoms with Crippen LogP contribution in [0.3, 0.4) is 0 Å². The topological polar surface area (TPSA) is 29.1 Å². The van der Waals surface area contributed by atoms with Gasteiger partial charge >= 0.3 is 6.18 Å². The van der Waals surface area contributed by atoms with Crippen LogP contribution >= 0.6 is 11.8 Å². The smallest absolute Gasteiger partial charge is 0.326 e. The van der Waals surface area contributed by atoms with Gasteiger partial charge in [0.2, 0.25) is 5.91 Å². The van der Waals surface area contributed by atoms with Crippen LogP contribution in [0.5, 0.6) is 0 Å². The Morgan fingerprint density at radius 1 is 1.35 bits per heavy atom. The maximum atomic E-state index is 12.9. The predicted molar refractivity (Wildman–Crippen MR) is 87.6 cm³/mol. The Hall–Kier alpha value is -1.17. The Bertz CT molecular complexity index is 556. The molecule has 1 aliphatic carbocycles. The molecule has 2 nitrogen and oxygen atoms in total. The molecule has 1 amide bonds. The van der Waals surface area contributed by atoms with Gasteiger partial charge in [0.1, 0.15) is 0 Å². The van der Waals surface area contributed by atoms with Crippen LogP contribution < -0.4 is 5.32 Å². The van der Waals surface area contributed by atoms with E-state index in [1.165, 1.54) is 0 Å². The molecule has 0 spiro atoms. The molecular formula is C17H22F3NOS. The maximum absolute atomic E-state index is 12.9. The SMILES string of the molecule is CCCC1(C(=O)Nc2ccc(SC(C)C)cc2)CC1C(F)(F)F. The number of amides is 1. The average Bonchev–Trinajstić information content (AvgIpc) is 3.17. The fraction of sp³-hybridized carbons (Fsp3) is 0.588. The van der Waals surface area contributed by atoms with Crippen molar-refractivity contribution in [2.45, 2.75) is 56.4 Å². The van der Waals surface area contributed by atoms with E-state index in [1.807, 2.05) is 12.1 Å². The summed E-state index contributed by atoms with van der Waals surface area (Å²) in [6.45, 7) is 5.97. The highest BCUT2D eigenvalue weighted by Crippen LogP contribution is 2.63. The third-order valence-corrected chi connectivity index (χ3v) is 5.12. The van der Waals surface area contributed by atoms with Gasteiger partial charge in [0.15, 0.2) is 0 Å². The Balaban J connectivity index is 2.05. The highest BCUT2D eigenvalue weighted by atomic mass is 32.2. The van der Waals surface area contributed by atoms with Crippen molar-refractivity contribution in [2.75, 3.05) is 5.32 Å². The molecule has 2 atom stereocenters. The molecule has 23 heavy (non-hydrogen) atoms. The molecule has 0 radical (unpaired) electrons. The molecule has 1 fully saturated rings. The molecule has 0 aliphatic heterocycles. The van der Waals surface area contributed by atoms with Crippen LogP contribution in [0.25, 0.3) is 0 Å². The Labute approximate surface area is 139 Å². The lowest BCUT2D eigenvalue weighted by molar-refractivity contribution is -0.160. The number of anilines is 1. The number of thioether (sulfide) groups is 1. The highest BCUT2D eigenvalue weighted by molar-refractivity contribution is 7.99. The van der Waals surface area contributed by atoms with Gasteiger partial charge in [-0.1, -0.05) is 27.2 Å². The van der Waals surface area contributed by atoms with Crippen LogP contribution in [0.15, 0.2) is 29.2 Å². The van der Waals surface area contributed by atoms with Crippen molar-refractivity contribution in [3.63, 3.8) is 0 Å². The number of nitrogens with one attached hydrogen (secondary N) is 1. The summed E-state index contributed by atoms with van der Waals surface area (Å²) in [7, 11) is 0. The van der Waals surface area contributed by atoms with Gasteiger partial charge in [-0.25, -0.2) is 0 Å². The number of carbonyl (C=O) groups is 1. The molecule has 0 heterocycles. The summed E-state index contributed by atoms with van der Waals surface area (Å²) >= 11 is 1.69. The van der Waals surface area contributed by atoms with E-state index in [-0.39, 0.29) is 12.8 Å². The summed E-state index contributed by atoms with van der Waals surface area (Å²) in [5, 5.41) is 3.11. The number of benzene rings is 1. The predicted octanol–water partition coefficient (Wildman–Crippen LogP) is 5.49. The maximum Gasteiger partial charge on any atom is 0.392 e. The zero-order valence-electron chi connectivity index (χ0n) is 13.5. The van der Waals surface area contributed by atoms with Gasteiger partial charge in [-0.3, -0.25) is 4.79 Å². The molecule has 0 aromatic heterocycles. The van der Waals surface area contributed by atoms with E-state index < -0.39 is 23.4 Å². The first-order chi connectivity index (χ1) is 10.7. The van der Waals surface area contributed by atoms with Gasteiger partial charge in [0.25, 0.3) is 0 Å². The summed E-state index contributed by atoms with van der Waals surface area (Å²) in [4.78, 5) is 13.5. The van der Waals surface area contributed by atoms with Crippen LogP contribution in [0, 0.1) is 11.3 Å². The van der Waals surface area contributed by atoms with Gasteiger partial charge in [-0.15, -0.1) is 11.8 Å². The molecule has 2 rings (SSSR count). The lowest BCUT2D eigenvalue weighted by atomic mass is 9.96. The Kier molecular flexibility index (Phi) is 5.33. The number of alkyl halides is 3. The van der Waals surface area contributed by atoms with Crippen molar-refractivity contribution in [3.8, 4) is 0 Å². The molecule has 1 N–H and O–H groups in total. The first-order valence-electron chi connectivity index (χ1n) is 7.84. The van der Waals surface area contributed by atoms with E-state index in [9.17, 15) is 18.0 Å². The van der Waals surface area contributed by atoms with E-state index >= 15 is 0 Å². The highest BCUT2D eigenvalue weighted by Gasteiger charge is 2.69. The summed E-state index contributed by atoms with van der Waals surface area (Å²) in [6.07, 6.45) is -3.57. The van der Waals surface area contributed by atoms with Crippen LogP contribution in [-0.2, 0) is 4.79 Å². The van der Waals surface area contributed by atoms with Crippen molar-refractivity contribution in [3.05, 3.63) is 24.3 Å². The number of halogens is 3. The average molecular weight is 345 g/mol. The van der Waals surface area contributed by atoms with E-state index in [1.54, 1.807) is 30.8 Å². The fourth-order valence-corrected chi connectivity index (χ4v) is 3.80. The Morgan fingerprint density at radius 3 is 2.39 bits per heavy atom. The molecule has 1 saturated carbocycles. The molecule has 0 saturated heterocycles. The minimum atomic E-state index is -4.30. The normalized spacial score (nSPS) is 23.9. The lowest BCUT2D eigenvalue weighted by Crippen LogP contribution is -2.30. The molecule has 0 bridgehead atoms. The summed E-state index contributed by atoms with van der Waals surface area (Å²) in [5.74, 6) is -2.02. The lowest BCUT2D eigenvalue weighted by Gasteiger charge is -2.18. The fourth-order valence-electron chi connectivity index (χ4n) is 2.97. The van der Waals surface area contributed by atoms with E-state index in [0.717, 1.165) is 4.90 Å². The van der Waals surface area contributed by atoms with Gasteiger partial charge in [-0.2, -0.15) is 13.2 Å². The van der Waals surface area contributed by atoms with Crippen LogP contribution in [-0.4, -0.2) is 17.3 Å². The van der Waals surface area contributed by atoms with Crippen molar-refractivity contribution in [1.82, 2.24) is 0 Å². The van der Waals surface area contributed by atoms with E-state index in [0.29, 0.717) is 17.4 Å². The molecule has 1 aromatic carbocycles. The second-order valence-corrected chi connectivity index (χ2v) is 8.00. The summed E-state index contributed by atoms with van der Waals surface area (Å²) < 4.78 is 38.8. The van der Waals surface area contributed by atoms with Crippen molar-refractivity contribution in [2.24, 2.45) is 11.3 Å². The second-order valence-electron chi connectivity index (χ2n) is 6.35. The number of carbonyl (C=O) groups excluding carboxylic acids is 1. The standard InChI is InChI=1S/C17H22F3NOS/c1-4-9-16(10-14(16)17(18,19)20)15(22)21-12-5-7-13(8-6-12)23-11(2)3/h5-8,11,14H,4,9-10H2,1-3H3,(H,21,22). The first kappa shape index (κ1) is 18.2. The van der Waals surface area contributed by atoms with Crippen LogP contribution in [0.1, 0.15) is 40.0 Å². The molecule has 128 valence electrons. The number of hydrogen-bond acceptors (Lipinski definition) is 2. The largest absolute Gasteiger partial charge is 0.392 e. The number of rotatable bonds is 6. The first-order valence-corrected chi connectivity index (χ1v) is 8.72. The van der Waals surface area contributed by atoms with Crippen LogP contribution in [0.4, 0.5) is 18.9 Å². The van der Waals surface area contributed by atoms with Gasteiger partial charge in [0, 0.05) is 15.8 Å². The van der Waals surface area contributed by atoms with Gasteiger partial charge in [-0.05, 0) is 37.1 Å². The molecule has 2 unspecified atom stereocenters. The third-order valence-electron chi connectivity index (χ3n) is 4.10. The Morgan fingerprint density at radius 2 is 1.96 bits per heavy atom. The van der Waals surface area contributed by atoms with E-state index in [4.69, 9.17) is 0 Å². The molecule has 1 aromatic rings. The van der Waals surface area contributed by atoms with E-state index in [2.05, 4.69) is 19.2 Å². The third kappa shape index (κ3) is 4.22. The minimum absolute atomic E-state index is 0.0997. The quantitative estimate of drug-likeness (QED) is 0.690. The zero-order valence-corrected chi connectivity index (χ0v) is 14.4. The second kappa shape index (κ2) is 6.75. The molecule has 1 aliphatic rings. The van der Waals surface area contributed by atoms with Crippen molar-refractivity contribution < 1.29 is 18.0 Å². The van der Waals surface area contributed by atoms with Gasteiger partial charge < -0.3 is 5.32 Å².